The van der Waals surface area contributed by atoms with E-state index in [9.17, 15) is 9.59 Å². The Labute approximate surface area is 117 Å². The molecule has 0 heterocycles. The molecule has 1 saturated carbocycles. The summed E-state index contributed by atoms with van der Waals surface area (Å²) < 4.78 is 0. The third-order valence-corrected chi connectivity index (χ3v) is 4.56. The van der Waals surface area contributed by atoms with Gasteiger partial charge in [0.15, 0.2) is 5.78 Å². The Morgan fingerprint density at radius 3 is 2.58 bits per heavy atom. The lowest BCUT2D eigenvalue weighted by atomic mass is 9.78. The number of hydrogen-bond acceptors (Lipinski definition) is 3. The Bertz CT molecular complexity index is 484. The number of rotatable bonds is 4. The highest BCUT2D eigenvalue weighted by molar-refractivity contribution is 7.98. The zero-order valence-corrected chi connectivity index (χ0v) is 11.8. The number of carbonyl (C=O) groups excluding carboxylic acids is 1. The van der Waals surface area contributed by atoms with Crippen molar-refractivity contribution in [3.05, 3.63) is 29.8 Å². The maximum Gasteiger partial charge on any atom is 0.306 e. The lowest BCUT2D eigenvalue weighted by Crippen LogP contribution is -2.27. The SMILES string of the molecule is CSc1ccccc1C(=O)[C@H]1CCC[C@H](C(=O)O)C1. The number of carboxylic acids is 1. The first-order chi connectivity index (χ1) is 9.13. The van der Waals surface area contributed by atoms with Gasteiger partial charge in [-0.2, -0.15) is 0 Å². The summed E-state index contributed by atoms with van der Waals surface area (Å²) in [5.41, 5.74) is 0.742. The smallest absolute Gasteiger partial charge is 0.306 e. The molecule has 1 aromatic rings. The summed E-state index contributed by atoms with van der Waals surface area (Å²) in [4.78, 5) is 24.6. The van der Waals surface area contributed by atoms with Gasteiger partial charge in [-0.15, -0.1) is 11.8 Å². The van der Waals surface area contributed by atoms with Crippen LogP contribution in [0.3, 0.4) is 0 Å². The van der Waals surface area contributed by atoms with Crippen molar-refractivity contribution in [2.24, 2.45) is 11.8 Å². The maximum atomic E-state index is 12.5. The summed E-state index contributed by atoms with van der Waals surface area (Å²) in [6, 6.07) is 7.57. The number of benzene rings is 1. The monoisotopic (exact) mass is 278 g/mol. The zero-order chi connectivity index (χ0) is 13.8. The van der Waals surface area contributed by atoms with E-state index in [4.69, 9.17) is 5.11 Å². The van der Waals surface area contributed by atoms with Crippen molar-refractivity contribution in [2.75, 3.05) is 6.26 Å². The molecule has 1 fully saturated rings. The molecular weight excluding hydrogens is 260 g/mol. The normalized spacial score (nSPS) is 23.0. The molecule has 102 valence electrons. The van der Waals surface area contributed by atoms with Gasteiger partial charge in [-0.25, -0.2) is 0 Å². The highest BCUT2D eigenvalue weighted by atomic mass is 32.2. The fraction of sp³-hybridized carbons (Fsp3) is 0.467. The van der Waals surface area contributed by atoms with E-state index in [-0.39, 0.29) is 17.6 Å². The molecule has 2 rings (SSSR count). The van der Waals surface area contributed by atoms with Crippen LogP contribution in [0.4, 0.5) is 0 Å². The van der Waals surface area contributed by atoms with Gasteiger partial charge in [0.05, 0.1) is 5.92 Å². The molecule has 4 heteroatoms. The van der Waals surface area contributed by atoms with Crippen LogP contribution in [0.1, 0.15) is 36.0 Å². The number of hydrogen-bond donors (Lipinski definition) is 1. The quantitative estimate of drug-likeness (QED) is 0.676. The summed E-state index contributed by atoms with van der Waals surface area (Å²) in [5, 5.41) is 9.09. The molecule has 1 aliphatic rings. The summed E-state index contributed by atoms with van der Waals surface area (Å²) >= 11 is 1.56. The van der Waals surface area contributed by atoms with Crippen molar-refractivity contribution in [3.8, 4) is 0 Å². The fourth-order valence-corrected chi connectivity index (χ4v) is 3.32. The number of aliphatic carboxylic acids is 1. The van der Waals surface area contributed by atoms with Gasteiger partial charge in [-0.3, -0.25) is 9.59 Å². The number of carboxylic acid groups (broad SMARTS) is 1. The van der Waals surface area contributed by atoms with Crippen LogP contribution in [0.15, 0.2) is 29.2 Å². The maximum absolute atomic E-state index is 12.5. The van der Waals surface area contributed by atoms with Crippen molar-refractivity contribution in [3.63, 3.8) is 0 Å². The highest BCUT2D eigenvalue weighted by Crippen LogP contribution is 2.33. The van der Waals surface area contributed by atoms with Gasteiger partial charge in [-0.05, 0) is 31.6 Å². The summed E-state index contributed by atoms with van der Waals surface area (Å²) in [7, 11) is 0. The number of ketones is 1. The minimum absolute atomic E-state index is 0.107. The van der Waals surface area contributed by atoms with E-state index in [2.05, 4.69) is 0 Å². The predicted octanol–water partition coefficient (Wildman–Crippen LogP) is 3.48. The van der Waals surface area contributed by atoms with Gasteiger partial charge < -0.3 is 5.11 Å². The molecule has 1 aromatic carbocycles. The van der Waals surface area contributed by atoms with Crippen molar-refractivity contribution >= 4 is 23.5 Å². The second-order valence-electron chi connectivity index (χ2n) is 4.96. The molecule has 0 spiro atoms. The van der Waals surface area contributed by atoms with E-state index in [1.54, 1.807) is 11.8 Å². The first-order valence-electron chi connectivity index (χ1n) is 6.53. The van der Waals surface area contributed by atoms with Crippen LogP contribution < -0.4 is 0 Å². The second kappa shape index (κ2) is 6.24. The van der Waals surface area contributed by atoms with Crippen LogP contribution >= 0.6 is 11.8 Å². The molecule has 0 saturated heterocycles. The number of thioether (sulfide) groups is 1. The van der Waals surface area contributed by atoms with Crippen LogP contribution in [-0.2, 0) is 4.79 Å². The standard InChI is InChI=1S/C15H18O3S/c1-19-13-8-3-2-7-12(13)14(16)10-5-4-6-11(9-10)15(17)18/h2-3,7-8,10-11H,4-6,9H2,1H3,(H,17,18)/t10-,11-/m0/s1. The highest BCUT2D eigenvalue weighted by Gasteiger charge is 2.32. The van der Waals surface area contributed by atoms with E-state index < -0.39 is 5.97 Å². The van der Waals surface area contributed by atoms with Crippen LogP contribution in [0.5, 0.6) is 0 Å². The molecule has 19 heavy (non-hydrogen) atoms. The van der Waals surface area contributed by atoms with Gasteiger partial charge in [0.2, 0.25) is 0 Å². The van der Waals surface area contributed by atoms with Crippen molar-refractivity contribution in [1.29, 1.82) is 0 Å². The van der Waals surface area contributed by atoms with E-state index in [1.807, 2.05) is 30.5 Å². The van der Waals surface area contributed by atoms with Crippen LogP contribution in [-0.4, -0.2) is 23.1 Å². The zero-order valence-electron chi connectivity index (χ0n) is 11.0. The molecule has 0 amide bonds. The molecule has 0 unspecified atom stereocenters. The first-order valence-corrected chi connectivity index (χ1v) is 7.76. The average Bonchev–Trinajstić information content (AvgIpc) is 2.46. The minimum atomic E-state index is -0.768. The molecule has 0 aromatic heterocycles. The van der Waals surface area contributed by atoms with Gasteiger partial charge in [0.25, 0.3) is 0 Å². The lowest BCUT2D eigenvalue weighted by Gasteiger charge is -2.26. The van der Waals surface area contributed by atoms with Crippen LogP contribution in [0.2, 0.25) is 0 Å². The summed E-state index contributed by atoms with van der Waals surface area (Å²) in [6.45, 7) is 0. The van der Waals surface area contributed by atoms with Crippen LogP contribution in [0, 0.1) is 11.8 Å². The van der Waals surface area contributed by atoms with Gasteiger partial charge in [0, 0.05) is 16.4 Å². The molecule has 1 aliphatic carbocycles. The molecule has 0 aliphatic heterocycles. The molecule has 1 N–H and O–H groups in total. The van der Waals surface area contributed by atoms with Crippen molar-refractivity contribution < 1.29 is 14.7 Å². The lowest BCUT2D eigenvalue weighted by molar-refractivity contribution is -0.143. The Hall–Kier alpha value is -1.29. The van der Waals surface area contributed by atoms with Gasteiger partial charge in [-0.1, -0.05) is 24.6 Å². The Kier molecular flexibility index (Phi) is 4.64. The van der Waals surface area contributed by atoms with Crippen molar-refractivity contribution in [2.45, 2.75) is 30.6 Å². The van der Waals surface area contributed by atoms with Gasteiger partial charge in [0.1, 0.15) is 0 Å². The van der Waals surface area contributed by atoms with E-state index in [1.165, 1.54) is 0 Å². The van der Waals surface area contributed by atoms with E-state index in [0.29, 0.717) is 12.8 Å². The molecule has 0 bridgehead atoms. The van der Waals surface area contributed by atoms with Gasteiger partial charge >= 0.3 is 5.97 Å². The average molecular weight is 278 g/mol. The van der Waals surface area contributed by atoms with E-state index in [0.717, 1.165) is 23.3 Å². The fourth-order valence-electron chi connectivity index (χ4n) is 2.72. The Morgan fingerprint density at radius 1 is 1.21 bits per heavy atom. The Morgan fingerprint density at radius 2 is 1.89 bits per heavy atom. The second-order valence-corrected chi connectivity index (χ2v) is 5.81. The minimum Gasteiger partial charge on any atom is -0.481 e. The topological polar surface area (TPSA) is 54.4 Å². The van der Waals surface area contributed by atoms with E-state index >= 15 is 0 Å². The molecular formula is C15H18O3S. The Balaban J connectivity index is 2.17. The predicted molar refractivity (Wildman–Crippen MR) is 75.6 cm³/mol. The molecule has 2 atom stereocenters. The van der Waals surface area contributed by atoms with Crippen molar-refractivity contribution in [1.82, 2.24) is 0 Å². The van der Waals surface area contributed by atoms with Crippen LogP contribution in [0.25, 0.3) is 0 Å². The molecule has 3 nitrogen and oxygen atoms in total. The number of carbonyl (C=O) groups is 2. The largest absolute Gasteiger partial charge is 0.481 e. The third kappa shape index (κ3) is 3.18. The number of Topliss-reactive ketones (excluding diaryl/α,β-unsaturated/α-hetero) is 1. The first kappa shape index (κ1) is 14.1. The third-order valence-electron chi connectivity index (χ3n) is 3.77. The summed E-state index contributed by atoms with van der Waals surface area (Å²) in [6.07, 6.45) is 4.77. The molecule has 0 radical (unpaired) electrons. The summed E-state index contributed by atoms with van der Waals surface area (Å²) in [5.74, 6) is -1.15.